The largest absolute Gasteiger partial charge is 0.371 e. The summed E-state index contributed by atoms with van der Waals surface area (Å²) < 4.78 is 6.92. The van der Waals surface area contributed by atoms with E-state index in [1.165, 1.54) is 0 Å². The normalized spacial score (nSPS) is 12.6. The zero-order valence-corrected chi connectivity index (χ0v) is 12.3. The van der Waals surface area contributed by atoms with E-state index in [4.69, 9.17) is 10.5 Å². The average Bonchev–Trinajstić information content (AvgIpc) is 2.82. The van der Waals surface area contributed by atoms with E-state index in [9.17, 15) is 0 Å². The minimum atomic E-state index is -0.0231. The van der Waals surface area contributed by atoms with Crippen molar-refractivity contribution in [2.24, 2.45) is 5.73 Å². The fourth-order valence-electron chi connectivity index (χ4n) is 1.62. The second-order valence-electron chi connectivity index (χ2n) is 3.81. The third-order valence-electron chi connectivity index (χ3n) is 2.53. The first-order valence-electron chi connectivity index (χ1n) is 5.76. The highest BCUT2D eigenvalue weighted by Gasteiger charge is 2.12. The van der Waals surface area contributed by atoms with Crippen LogP contribution in [0.25, 0.3) is 0 Å². The Hall–Kier alpha value is -0.750. The first-order valence-corrected chi connectivity index (χ1v) is 7.37. The molecule has 5 heteroatoms. The van der Waals surface area contributed by atoms with Crippen LogP contribution in [-0.2, 0) is 11.2 Å². The summed E-state index contributed by atoms with van der Waals surface area (Å²) in [5.41, 5.74) is 6.79. The lowest BCUT2D eigenvalue weighted by Gasteiger charge is -2.14. The van der Waals surface area contributed by atoms with Crippen LogP contribution in [0.2, 0.25) is 0 Å². The molecule has 3 nitrogen and oxygen atoms in total. The van der Waals surface area contributed by atoms with Crippen molar-refractivity contribution in [1.29, 1.82) is 0 Å². The van der Waals surface area contributed by atoms with Gasteiger partial charge < -0.3 is 10.5 Å². The molecule has 0 aliphatic rings. The predicted octanol–water partition coefficient (Wildman–Crippen LogP) is 3.16. The molecule has 0 aliphatic heterocycles. The Balaban J connectivity index is 1.85. The van der Waals surface area contributed by atoms with Crippen molar-refractivity contribution in [1.82, 2.24) is 4.98 Å². The lowest BCUT2D eigenvalue weighted by atomic mass is 10.2. The Bertz CT molecular complexity index is 475. The van der Waals surface area contributed by atoms with Gasteiger partial charge in [0.2, 0.25) is 0 Å². The van der Waals surface area contributed by atoms with Crippen LogP contribution in [0, 0.1) is 0 Å². The van der Waals surface area contributed by atoms with Gasteiger partial charge in [0.05, 0.1) is 10.4 Å². The van der Waals surface area contributed by atoms with Crippen LogP contribution in [0.4, 0.5) is 0 Å². The summed E-state index contributed by atoms with van der Waals surface area (Å²) in [5, 5.41) is 0. The fraction of sp³-hybridized carbons (Fsp3) is 0.308. The van der Waals surface area contributed by atoms with Crippen molar-refractivity contribution in [3.05, 3.63) is 50.9 Å². The second-order valence-corrected chi connectivity index (χ2v) is 6.30. The maximum Gasteiger partial charge on any atom is 0.104 e. The summed E-state index contributed by atoms with van der Waals surface area (Å²) in [5.74, 6) is 0. The molecule has 18 heavy (non-hydrogen) atoms. The van der Waals surface area contributed by atoms with Gasteiger partial charge in [0.1, 0.15) is 6.10 Å². The minimum absolute atomic E-state index is 0.0231. The summed E-state index contributed by atoms with van der Waals surface area (Å²) in [6.07, 6.45) is 2.58. The molecule has 0 aromatic carbocycles. The van der Waals surface area contributed by atoms with Crippen LogP contribution < -0.4 is 5.73 Å². The number of ether oxygens (including phenoxy) is 1. The molecule has 0 aliphatic carbocycles. The van der Waals surface area contributed by atoms with E-state index in [-0.39, 0.29) is 6.10 Å². The molecule has 2 aromatic rings. The van der Waals surface area contributed by atoms with Crippen molar-refractivity contribution in [2.75, 3.05) is 13.2 Å². The molecule has 1 atom stereocenters. The van der Waals surface area contributed by atoms with Gasteiger partial charge in [-0.2, -0.15) is 0 Å². The molecule has 0 radical (unpaired) electrons. The monoisotopic (exact) mass is 326 g/mol. The molecule has 0 bridgehead atoms. The van der Waals surface area contributed by atoms with Crippen LogP contribution in [0.1, 0.15) is 16.7 Å². The molecule has 2 rings (SSSR count). The summed E-state index contributed by atoms with van der Waals surface area (Å²) >= 11 is 5.11. The predicted molar refractivity (Wildman–Crippen MR) is 77.7 cm³/mol. The molecule has 0 spiro atoms. The van der Waals surface area contributed by atoms with E-state index in [1.54, 1.807) is 17.5 Å². The number of nitrogens with two attached hydrogens (primary N) is 1. The SMILES string of the molecule is NCC(OCCc1ccccn1)c1ccc(Br)s1. The molecule has 0 saturated heterocycles. The number of thiophene rings is 1. The molecule has 0 saturated carbocycles. The van der Waals surface area contributed by atoms with E-state index in [0.717, 1.165) is 20.8 Å². The quantitative estimate of drug-likeness (QED) is 0.886. The van der Waals surface area contributed by atoms with Crippen molar-refractivity contribution in [2.45, 2.75) is 12.5 Å². The second kappa shape index (κ2) is 6.99. The first-order chi connectivity index (χ1) is 8.79. The Morgan fingerprint density at radius 3 is 2.83 bits per heavy atom. The van der Waals surface area contributed by atoms with Crippen LogP contribution >= 0.6 is 27.3 Å². The number of hydrogen-bond acceptors (Lipinski definition) is 4. The molecule has 2 aromatic heterocycles. The minimum Gasteiger partial charge on any atom is -0.371 e. The smallest absolute Gasteiger partial charge is 0.104 e. The van der Waals surface area contributed by atoms with Gasteiger partial charge in [0.15, 0.2) is 0 Å². The van der Waals surface area contributed by atoms with E-state index in [1.807, 2.05) is 30.3 Å². The van der Waals surface area contributed by atoms with Gasteiger partial charge >= 0.3 is 0 Å². The molecule has 1 unspecified atom stereocenters. The number of rotatable bonds is 6. The third kappa shape index (κ3) is 3.88. The Morgan fingerprint density at radius 2 is 2.22 bits per heavy atom. The third-order valence-corrected chi connectivity index (χ3v) is 4.24. The van der Waals surface area contributed by atoms with Crippen molar-refractivity contribution < 1.29 is 4.74 Å². The Morgan fingerprint density at radius 1 is 1.33 bits per heavy atom. The van der Waals surface area contributed by atoms with E-state index >= 15 is 0 Å². The standard InChI is InChI=1S/C13H15BrN2OS/c14-13-5-4-12(18-13)11(9-15)17-8-6-10-3-1-2-7-16-10/h1-5,7,11H,6,8-9,15H2. The highest BCUT2D eigenvalue weighted by molar-refractivity contribution is 9.11. The maximum atomic E-state index is 5.82. The van der Waals surface area contributed by atoms with Crippen LogP contribution in [0.3, 0.4) is 0 Å². The molecular formula is C13H15BrN2OS. The lowest BCUT2D eigenvalue weighted by molar-refractivity contribution is 0.0629. The number of pyridine rings is 1. The topological polar surface area (TPSA) is 48.1 Å². The van der Waals surface area contributed by atoms with Crippen LogP contribution in [0.5, 0.6) is 0 Å². The van der Waals surface area contributed by atoms with Crippen molar-refractivity contribution in [3.8, 4) is 0 Å². The van der Waals surface area contributed by atoms with E-state index in [2.05, 4.69) is 20.9 Å². The van der Waals surface area contributed by atoms with Gasteiger partial charge in [-0.25, -0.2) is 0 Å². The zero-order valence-electron chi connectivity index (χ0n) is 9.88. The molecule has 0 fully saturated rings. The highest BCUT2D eigenvalue weighted by atomic mass is 79.9. The molecule has 96 valence electrons. The van der Waals surface area contributed by atoms with E-state index in [0.29, 0.717) is 13.2 Å². The van der Waals surface area contributed by atoms with Gasteiger partial charge in [-0.1, -0.05) is 6.07 Å². The highest BCUT2D eigenvalue weighted by Crippen LogP contribution is 2.28. The number of halogens is 1. The summed E-state index contributed by atoms with van der Waals surface area (Å²) in [7, 11) is 0. The first kappa shape index (κ1) is 13.7. The number of aromatic nitrogens is 1. The molecule has 0 amide bonds. The lowest BCUT2D eigenvalue weighted by Crippen LogP contribution is -2.16. The zero-order chi connectivity index (χ0) is 12.8. The summed E-state index contributed by atoms with van der Waals surface area (Å²) in [4.78, 5) is 5.42. The summed E-state index contributed by atoms with van der Waals surface area (Å²) in [6.45, 7) is 1.13. The van der Waals surface area contributed by atoms with Gasteiger partial charge in [-0.15, -0.1) is 11.3 Å². The van der Waals surface area contributed by atoms with Crippen molar-refractivity contribution in [3.63, 3.8) is 0 Å². The summed E-state index contributed by atoms with van der Waals surface area (Å²) in [6, 6.07) is 9.97. The van der Waals surface area contributed by atoms with Crippen molar-refractivity contribution >= 4 is 27.3 Å². The average molecular weight is 327 g/mol. The Labute approximate surface area is 119 Å². The molecular weight excluding hydrogens is 312 g/mol. The van der Waals surface area contributed by atoms with Gasteiger partial charge in [-0.3, -0.25) is 4.98 Å². The number of hydrogen-bond donors (Lipinski definition) is 1. The van der Waals surface area contributed by atoms with E-state index < -0.39 is 0 Å². The van der Waals surface area contributed by atoms with Crippen LogP contribution in [-0.4, -0.2) is 18.1 Å². The van der Waals surface area contributed by atoms with Gasteiger partial charge in [-0.05, 0) is 40.2 Å². The molecule has 2 heterocycles. The fourth-order valence-corrected chi connectivity index (χ4v) is 3.11. The molecule has 2 N–H and O–H groups in total. The number of nitrogens with zero attached hydrogens (tertiary/aromatic N) is 1. The van der Waals surface area contributed by atoms with Gasteiger partial charge in [0, 0.05) is 29.7 Å². The maximum absolute atomic E-state index is 5.82. The van der Waals surface area contributed by atoms with Gasteiger partial charge in [0.25, 0.3) is 0 Å². The Kier molecular flexibility index (Phi) is 5.31. The van der Waals surface area contributed by atoms with Crippen LogP contribution in [0.15, 0.2) is 40.3 Å².